The lowest BCUT2D eigenvalue weighted by molar-refractivity contribution is -0.384. The predicted molar refractivity (Wildman–Crippen MR) is 117 cm³/mol. The highest BCUT2D eigenvalue weighted by molar-refractivity contribution is 14.1. The molecule has 0 aliphatic carbocycles. The molecule has 0 aliphatic heterocycles. The fraction of sp³-hybridized carbons (Fsp3) is 0. The van der Waals surface area contributed by atoms with Gasteiger partial charge in [-0.05, 0) is 88.8 Å². The highest BCUT2D eigenvalue weighted by atomic mass is 127. The van der Waals surface area contributed by atoms with Gasteiger partial charge in [-0.2, -0.15) is 0 Å². The van der Waals surface area contributed by atoms with Crippen molar-refractivity contribution in [2.45, 2.75) is 4.90 Å². The van der Waals surface area contributed by atoms with Crippen LogP contribution < -0.4 is 4.72 Å². The number of hydrogen-bond acceptors (Lipinski definition) is 5. The van der Waals surface area contributed by atoms with Crippen molar-refractivity contribution < 1.29 is 13.3 Å². The van der Waals surface area contributed by atoms with Crippen molar-refractivity contribution in [3.05, 3.63) is 92.0 Å². The third-order valence-electron chi connectivity index (χ3n) is 3.71. The van der Waals surface area contributed by atoms with Crippen LogP contribution in [0.3, 0.4) is 0 Å². The molecule has 1 N–H and O–H groups in total. The minimum Gasteiger partial charge on any atom is -0.280 e. The zero-order chi connectivity index (χ0) is 20.1. The van der Waals surface area contributed by atoms with E-state index in [-0.39, 0.29) is 10.6 Å². The molecule has 0 unspecified atom stereocenters. The van der Waals surface area contributed by atoms with Crippen molar-refractivity contribution >= 4 is 55.9 Å². The molecule has 0 atom stereocenters. The van der Waals surface area contributed by atoms with Crippen LogP contribution in [0.4, 0.5) is 17.1 Å². The van der Waals surface area contributed by atoms with Gasteiger partial charge < -0.3 is 0 Å². The number of non-ortho nitro benzene ring substituents is 1. The van der Waals surface area contributed by atoms with E-state index in [0.717, 1.165) is 3.57 Å². The lowest BCUT2D eigenvalue weighted by Crippen LogP contribution is -2.12. The Balaban J connectivity index is 1.71. The van der Waals surface area contributed by atoms with Gasteiger partial charge in [0.05, 0.1) is 15.5 Å². The Morgan fingerprint density at radius 3 is 2.11 bits per heavy atom. The monoisotopic (exact) mass is 507 g/mol. The van der Waals surface area contributed by atoms with Crippen LogP contribution in [0.5, 0.6) is 0 Å². The highest BCUT2D eigenvalue weighted by Crippen LogP contribution is 2.20. The maximum Gasteiger partial charge on any atom is 0.269 e. The van der Waals surface area contributed by atoms with Crippen molar-refractivity contribution in [2.75, 3.05) is 4.72 Å². The Labute approximate surface area is 175 Å². The first kappa shape index (κ1) is 20.0. The number of anilines is 1. The second-order valence-electron chi connectivity index (χ2n) is 5.71. The molecule has 0 fully saturated rings. The fourth-order valence-electron chi connectivity index (χ4n) is 2.27. The van der Waals surface area contributed by atoms with Gasteiger partial charge in [0, 0.05) is 27.6 Å². The summed E-state index contributed by atoms with van der Waals surface area (Å²) in [6.07, 6.45) is 1.55. The van der Waals surface area contributed by atoms with Crippen LogP contribution >= 0.6 is 22.6 Å². The quantitative estimate of drug-likeness (QED) is 0.225. The molecule has 7 nitrogen and oxygen atoms in total. The molecule has 0 saturated carbocycles. The number of nitrogens with zero attached hydrogens (tertiary/aromatic N) is 2. The molecule has 0 aromatic heterocycles. The van der Waals surface area contributed by atoms with Crippen LogP contribution in [-0.4, -0.2) is 19.6 Å². The summed E-state index contributed by atoms with van der Waals surface area (Å²) < 4.78 is 28.5. The van der Waals surface area contributed by atoms with E-state index < -0.39 is 14.9 Å². The fourth-order valence-corrected chi connectivity index (χ4v) is 3.69. The van der Waals surface area contributed by atoms with E-state index in [0.29, 0.717) is 16.9 Å². The summed E-state index contributed by atoms with van der Waals surface area (Å²) in [4.78, 5) is 14.6. The lowest BCUT2D eigenvalue weighted by Gasteiger charge is -2.08. The molecule has 0 amide bonds. The van der Waals surface area contributed by atoms with E-state index in [9.17, 15) is 18.5 Å². The summed E-state index contributed by atoms with van der Waals surface area (Å²) >= 11 is 2.14. The Bertz CT molecular complexity index is 1110. The molecule has 0 aliphatic rings. The van der Waals surface area contributed by atoms with Crippen molar-refractivity contribution in [3.8, 4) is 0 Å². The first-order chi connectivity index (χ1) is 13.3. The van der Waals surface area contributed by atoms with Crippen molar-refractivity contribution in [1.29, 1.82) is 0 Å². The summed E-state index contributed by atoms with van der Waals surface area (Å²) in [5, 5.41) is 10.7. The molecule has 3 rings (SSSR count). The van der Waals surface area contributed by atoms with Gasteiger partial charge in [0.1, 0.15) is 0 Å². The molecule has 3 aromatic rings. The van der Waals surface area contributed by atoms with E-state index in [1.165, 1.54) is 24.3 Å². The number of halogens is 1. The molecular weight excluding hydrogens is 493 g/mol. The highest BCUT2D eigenvalue weighted by Gasteiger charge is 2.13. The maximum atomic E-state index is 12.5. The predicted octanol–water partition coefficient (Wildman–Crippen LogP) is 4.75. The van der Waals surface area contributed by atoms with Gasteiger partial charge in [0.25, 0.3) is 15.7 Å². The van der Waals surface area contributed by atoms with Crippen LogP contribution in [0, 0.1) is 13.7 Å². The first-order valence-electron chi connectivity index (χ1n) is 8.00. The largest absolute Gasteiger partial charge is 0.280 e. The number of aliphatic imine (C=N–C) groups is 1. The summed E-state index contributed by atoms with van der Waals surface area (Å²) in [5.74, 6) is 0. The van der Waals surface area contributed by atoms with Gasteiger partial charge >= 0.3 is 0 Å². The lowest BCUT2D eigenvalue weighted by atomic mass is 10.2. The molecule has 142 valence electrons. The Kier molecular flexibility index (Phi) is 6.05. The molecule has 0 heterocycles. The number of nitro groups is 1. The number of rotatable bonds is 6. The average Bonchev–Trinajstić information content (AvgIpc) is 2.68. The van der Waals surface area contributed by atoms with Crippen LogP contribution in [0.1, 0.15) is 5.56 Å². The molecule has 9 heteroatoms. The Hall–Kier alpha value is -2.79. The van der Waals surface area contributed by atoms with E-state index in [1.807, 2.05) is 12.1 Å². The smallest absolute Gasteiger partial charge is 0.269 e. The number of sulfonamides is 1. The standard InChI is InChI=1S/C19H14IN3O4S/c20-15-3-5-17(6-4-15)22-28(26,27)19-11-7-16(8-12-19)21-13-14-1-9-18(10-2-14)23(24)25/h1-13,22H. The summed E-state index contributed by atoms with van der Waals surface area (Å²) in [5.41, 5.74) is 1.75. The first-order valence-corrected chi connectivity index (χ1v) is 10.6. The third kappa shape index (κ3) is 5.14. The molecule has 3 aromatic carbocycles. The molecule has 0 spiro atoms. The van der Waals surface area contributed by atoms with Crippen molar-refractivity contribution in [3.63, 3.8) is 0 Å². The third-order valence-corrected chi connectivity index (χ3v) is 5.83. The van der Waals surface area contributed by atoms with E-state index in [2.05, 4.69) is 32.3 Å². The van der Waals surface area contributed by atoms with Crippen molar-refractivity contribution in [2.24, 2.45) is 4.99 Å². The molecule has 0 bridgehead atoms. The van der Waals surface area contributed by atoms with Crippen LogP contribution in [-0.2, 0) is 10.0 Å². The van der Waals surface area contributed by atoms with Gasteiger partial charge in [-0.15, -0.1) is 0 Å². The average molecular weight is 507 g/mol. The van der Waals surface area contributed by atoms with E-state index in [1.54, 1.807) is 42.6 Å². The van der Waals surface area contributed by atoms with Crippen LogP contribution in [0.2, 0.25) is 0 Å². The maximum absolute atomic E-state index is 12.5. The summed E-state index contributed by atoms with van der Waals surface area (Å²) in [6.45, 7) is 0. The van der Waals surface area contributed by atoms with Gasteiger partial charge in [-0.25, -0.2) is 8.42 Å². The molecule has 0 radical (unpaired) electrons. The normalized spacial score (nSPS) is 11.5. The minimum atomic E-state index is -3.69. The van der Waals surface area contributed by atoms with Gasteiger partial charge in [0.15, 0.2) is 0 Å². The van der Waals surface area contributed by atoms with Gasteiger partial charge in [-0.1, -0.05) is 0 Å². The van der Waals surface area contributed by atoms with E-state index in [4.69, 9.17) is 0 Å². The molecule has 28 heavy (non-hydrogen) atoms. The van der Waals surface area contributed by atoms with Crippen molar-refractivity contribution in [1.82, 2.24) is 0 Å². The molecule has 0 saturated heterocycles. The SMILES string of the molecule is O=[N+]([O-])c1ccc(C=Nc2ccc(S(=O)(=O)Nc3ccc(I)cc3)cc2)cc1. The zero-order valence-electron chi connectivity index (χ0n) is 14.3. The summed E-state index contributed by atoms with van der Waals surface area (Å²) in [7, 11) is -3.69. The van der Waals surface area contributed by atoms with Gasteiger partial charge in [-0.3, -0.25) is 19.8 Å². The Morgan fingerprint density at radius 2 is 1.54 bits per heavy atom. The van der Waals surface area contributed by atoms with Gasteiger partial charge in [0.2, 0.25) is 0 Å². The zero-order valence-corrected chi connectivity index (χ0v) is 17.3. The number of hydrogen-bond donors (Lipinski definition) is 1. The summed E-state index contributed by atoms with van der Waals surface area (Å²) in [6, 6.07) is 19.1. The number of nitro benzene ring substituents is 1. The minimum absolute atomic E-state index is 0.00679. The van der Waals surface area contributed by atoms with Crippen LogP contribution in [0.15, 0.2) is 82.7 Å². The number of nitrogens with one attached hydrogen (secondary N) is 1. The topological polar surface area (TPSA) is 102 Å². The number of benzene rings is 3. The van der Waals surface area contributed by atoms with E-state index >= 15 is 0 Å². The van der Waals surface area contributed by atoms with Crippen LogP contribution in [0.25, 0.3) is 0 Å². The molecular formula is C19H14IN3O4S. The second-order valence-corrected chi connectivity index (χ2v) is 8.64. The Morgan fingerprint density at radius 1 is 0.929 bits per heavy atom. The second kappa shape index (κ2) is 8.48.